The van der Waals surface area contributed by atoms with Gasteiger partial charge in [-0.05, 0) is 13.8 Å². The van der Waals surface area contributed by atoms with E-state index < -0.39 is 28.9 Å². The lowest BCUT2D eigenvalue weighted by atomic mass is 10.1. The molecule has 1 fully saturated rings. The van der Waals surface area contributed by atoms with Crippen molar-refractivity contribution >= 4 is 5.91 Å². The number of piperazine rings is 1. The van der Waals surface area contributed by atoms with Crippen molar-refractivity contribution in [2.45, 2.75) is 25.9 Å². The molecule has 19 heavy (non-hydrogen) atoms. The van der Waals surface area contributed by atoms with Gasteiger partial charge in [-0.25, -0.2) is 13.2 Å². The summed E-state index contributed by atoms with van der Waals surface area (Å²) in [5.41, 5.74) is -0.693. The van der Waals surface area contributed by atoms with Crippen molar-refractivity contribution in [2.24, 2.45) is 0 Å². The normalized spacial score (nSPS) is 23.5. The molecular weight excluding hydrogens is 257 g/mol. The van der Waals surface area contributed by atoms with Crippen LogP contribution in [0.25, 0.3) is 0 Å². The smallest absolute Gasteiger partial charge is 0.260 e. The van der Waals surface area contributed by atoms with Gasteiger partial charge in [-0.1, -0.05) is 0 Å². The van der Waals surface area contributed by atoms with Gasteiger partial charge in [0, 0.05) is 37.3 Å². The van der Waals surface area contributed by atoms with E-state index in [-0.39, 0.29) is 12.1 Å². The molecule has 1 heterocycles. The van der Waals surface area contributed by atoms with Crippen LogP contribution in [0.2, 0.25) is 0 Å². The number of carbonyl (C=O) groups is 1. The van der Waals surface area contributed by atoms with Crippen molar-refractivity contribution < 1.29 is 18.0 Å². The summed E-state index contributed by atoms with van der Waals surface area (Å²) in [6.45, 7) is 4.70. The van der Waals surface area contributed by atoms with E-state index in [1.165, 1.54) is 4.90 Å². The molecule has 1 N–H and O–H groups in total. The van der Waals surface area contributed by atoms with Gasteiger partial charge in [-0.15, -0.1) is 0 Å². The number of carbonyl (C=O) groups excluding carboxylic acids is 1. The molecule has 1 aromatic carbocycles. The van der Waals surface area contributed by atoms with Crippen LogP contribution < -0.4 is 5.32 Å². The van der Waals surface area contributed by atoms with E-state index >= 15 is 0 Å². The first-order valence-electron chi connectivity index (χ1n) is 6.09. The lowest BCUT2D eigenvalue weighted by molar-refractivity contribution is 0.0534. The zero-order chi connectivity index (χ0) is 14.2. The second kappa shape index (κ2) is 5.21. The maximum absolute atomic E-state index is 13.6. The molecule has 3 nitrogen and oxygen atoms in total. The Labute approximate surface area is 109 Å². The second-order valence-electron chi connectivity index (χ2n) is 4.81. The highest BCUT2D eigenvalue weighted by molar-refractivity contribution is 5.95. The molecule has 2 atom stereocenters. The van der Waals surface area contributed by atoms with Crippen LogP contribution in [-0.4, -0.2) is 36.0 Å². The predicted molar refractivity (Wildman–Crippen MR) is 64.3 cm³/mol. The first-order chi connectivity index (χ1) is 8.91. The number of rotatable bonds is 1. The summed E-state index contributed by atoms with van der Waals surface area (Å²) >= 11 is 0. The van der Waals surface area contributed by atoms with Crippen LogP contribution in [0.1, 0.15) is 24.2 Å². The fourth-order valence-electron chi connectivity index (χ4n) is 2.41. The van der Waals surface area contributed by atoms with Gasteiger partial charge in [-0.2, -0.15) is 0 Å². The Hall–Kier alpha value is -1.56. The molecule has 104 valence electrons. The molecule has 1 aliphatic rings. The first kappa shape index (κ1) is 13.9. The lowest BCUT2D eigenvalue weighted by Crippen LogP contribution is -2.57. The van der Waals surface area contributed by atoms with Crippen LogP contribution in [0.3, 0.4) is 0 Å². The van der Waals surface area contributed by atoms with Gasteiger partial charge >= 0.3 is 0 Å². The maximum atomic E-state index is 13.6. The van der Waals surface area contributed by atoms with Gasteiger partial charge in [0.25, 0.3) is 5.91 Å². The molecular formula is C13H15F3N2O. The van der Waals surface area contributed by atoms with Gasteiger partial charge in [-0.3, -0.25) is 4.79 Å². The van der Waals surface area contributed by atoms with Crippen LogP contribution in [0.15, 0.2) is 12.1 Å². The molecule has 1 amide bonds. The van der Waals surface area contributed by atoms with Crippen molar-refractivity contribution in [1.82, 2.24) is 10.2 Å². The Balaban J connectivity index is 2.38. The maximum Gasteiger partial charge on any atom is 0.260 e. The van der Waals surface area contributed by atoms with Crippen LogP contribution in [0, 0.1) is 17.5 Å². The number of nitrogens with one attached hydrogen (secondary N) is 1. The molecule has 2 rings (SSSR count). The molecule has 1 aromatic rings. The Morgan fingerprint density at radius 2 is 1.63 bits per heavy atom. The van der Waals surface area contributed by atoms with Crippen molar-refractivity contribution in [3.05, 3.63) is 35.1 Å². The monoisotopic (exact) mass is 272 g/mol. The lowest BCUT2D eigenvalue weighted by Gasteiger charge is -2.39. The van der Waals surface area contributed by atoms with Gasteiger partial charge < -0.3 is 10.2 Å². The van der Waals surface area contributed by atoms with Gasteiger partial charge in [0.15, 0.2) is 0 Å². The largest absolute Gasteiger partial charge is 0.331 e. The van der Waals surface area contributed by atoms with Gasteiger partial charge in [0.1, 0.15) is 23.0 Å². The Morgan fingerprint density at radius 1 is 1.16 bits per heavy atom. The van der Waals surface area contributed by atoms with E-state index in [0.717, 1.165) is 0 Å². The first-order valence-corrected chi connectivity index (χ1v) is 6.09. The van der Waals surface area contributed by atoms with E-state index in [1.54, 1.807) is 13.8 Å². The Kier molecular flexibility index (Phi) is 3.80. The number of benzene rings is 1. The van der Waals surface area contributed by atoms with E-state index in [0.29, 0.717) is 25.2 Å². The summed E-state index contributed by atoms with van der Waals surface area (Å²) < 4.78 is 40.1. The van der Waals surface area contributed by atoms with Crippen LogP contribution in [0.5, 0.6) is 0 Å². The van der Waals surface area contributed by atoms with Crippen LogP contribution in [-0.2, 0) is 0 Å². The molecule has 0 aromatic heterocycles. The minimum absolute atomic E-state index is 0.180. The average Bonchev–Trinajstić information content (AvgIpc) is 2.26. The number of halogens is 3. The Morgan fingerprint density at radius 3 is 2.11 bits per heavy atom. The van der Waals surface area contributed by atoms with Gasteiger partial charge in [0.2, 0.25) is 0 Å². The fraction of sp³-hybridized carbons (Fsp3) is 0.462. The second-order valence-corrected chi connectivity index (χ2v) is 4.81. The van der Waals surface area contributed by atoms with E-state index in [2.05, 4.69) is 5.32 Å². The number of hydrogen-bond acceptors (Lipinski definition) is 2. The molecule has 0 spiro atoms. The van der Waals surface area contributed by atoms with Gasteiger partial charge in [0.05, 0.1) is 0 Å². The van der Waals surface area contributed by atoms with Crippen LogP contribution >= 0.6 is 0 Å². The van der Waals surface area contributed by atoms with Crippen molar-refractivity contribution in [1.29, 1.82) is 0 Å². The minimum atomic E-state index is -1.17. The number of amides is 1. The quantitative estimate of drug-likeness (QED) is 0.847. The van der Waals surface area contributed by atoms with E-state index in [9.17, 15) is 18.0 Å². The van der Waals surface area contributed by atoms with Crippen molar-refractivity contribution in [3.8, 4) is 0 Å². The van der Waals surface area contributed by atoms with Crippen LogP contribution in [0.4, 0.5) is 13.2 Å². The summed E-state index contributed by atoms with van der Waals surface area (Å²) in [6, 6.07) is 0.682. The summed E-state index contributed by atoms with van der Waals surface area (Å²) in [5, 5.41) is 3.12. The third-order valence-corrected chi connectivity index (χ3v) is 3.28. The average molecular weight is 272 g/mol. The molecule has 2 unspecified atom stereocenters. The summed E-state index contributed by atoms with van der Waals surface area (Å²) in [6.07, 6.45) is 0. The Bertz CT molecular complexity index is 474. The summed E-state index contributed by atoms with van der Waals surface area (Å²) in [4.78, 5) is 13.7. The molecule has 0 bridgehead atoms. The highest BCUT2D eigenvalue weighted by Crippen LogP contribution is 2.20. The van der Waals surface area contributed by atoms with Crippen molar-refractivity contribution in [3.63, 3.8) is 0 Å². The molecule has 0 aliphatic carbocycles. The van der Waals surface area contributed by atoms with E-state index in [4.69, 9.17) is 0 Å². The third kappa shape index (κ3) is 2.58. The fourth-order valence-corrected chi connectivity index (χ4v) is 2.41. The molecule has 1 aliphatic heterocycles. The number of nitrogens with zero attached hydrogens (tertiary/aromatic N) is 1. The minimum Gasteiger partial charge on any atom is -0.331 e. The SMILES string of the molecule is CC1CNCC(C)N1C(=O)c1c(F)cc(F)cc1F. The molecule has 0 radical (unpaired) electrons. The molecule has 0 saturated carbocycles. The zero-order valence-electron chi connectivity index (χ0n) is 10.7. The van der Waals surface area contributed by atoms with Crippen molar-refractivity contribution in [2.75, 3.05) is 13.1 Å². The third-order valence-electron chi connectivity index (χ3n) is 3.28. The summed E-state index contributed by atoms with van der Waals surface area (Å²) in [5.74, 6) is -4.11. The van der Waals surface area contributed by atoms with E-state index in [1.807, 2.05) is 0 Å². The standard InChI is InChI=1S/C13H15F3N2O/c1-7-5-17-6-8(2)18(7)13(19)12-10(15)3-9(14)4-11(12)16/h3-4,7-8,17H,5-6H2,1-2H3. The predicted octanol–water partition coefficient (Wildman–Crippen LogP) is 1.93. The highest BCUT2D eigenvalue weighted by Gasteiger charge is 2.32. The molecule has 1 saturated heterocycles. The zero-order valence-corrected chi connectivity index (χ0v) is 10.7. The molecule has 6 heteroatoms. The number of hydrogen-bond donors (Lipinski definition) is 1. The topological polar surface area (TPSA) is 32.3 Å². The summed E-state index contributed by atoms with van der Waals surface area (Å²) in [7, 11) is 0. The highest BCUT2D eigenvalue weighted by atomic mass is 19.1.